The fourth-order valence-electron chi connectivity index (χ4n) is 7.49. The van der Waals surface area contributed by atoms with Crippen molar-refractivity contribution in [3.63, 3.8) is 0 Å². The molecule has 41 heavy (non-hydrogen) atoms. The van der Waals surface area contributed by atoms with Gasteiger partial charge in [0.05, 0.1) is 17.3 Å². The molecule has 4 heteroatoms. The molecule has 0 bridgehead atoms. The number of nitrogens with zero attached hydrogens (tertiary/aromatic N) is 3. The maximum Gasteiger partial charge on any atom is 0.160 e. The van der Waals surface area contributed by atoms with Crippen LogP contribution < -0.4 is 4.90 Å². The van der Waals surface area contributed by atoms with Crippen LogP contribution in [0.4, 0.5) is 10.7 Å². The number of fused-ring (bicyclic) bond motifs is 8. The highest BCUT2D eigenvalue weighted by Crippen LogP contribution is 2.63. The molecular formula is C37H27N3S. The standard InChI is InChI=1S/C37H27N3S/c1-37(2)27-18-10-16-25-31-24-15-7-9-21-30(24)41-36(31)40(34(25)27)29-20-11-17-26(32(29)37)35-38-28-19-8-6-14-23(28)33(39-35)22-12-4-3-5-13-22/h3-21,27,34H,1-2H3. The summed E-state index contributed by atoms with van der Waals surface area (Å²) in [6.45, 7) is 4.82. The Hall–Kier alpha value is -4.54. The first-order valence-corrected chi connectivity index (χ1v) is 15.1. The number of aromatic nitrogens is 2. The molecule has 4 heterocycles. The summed E-state index contributed by atoms with van der Waals surface area (Å²) in [6, 6.07) is 34.7. The molecule has 3 aliphatic rings. The van der Waals surface area contributed by atoms with Gasteiger partial charge in [0.2, 0.25) is 0 Å². The molecule has 4 aromatic carbocycles. The highest BCUT2D eigenvalue weighted by molar-refractivity contribution is 7.23. The van der Waals surface area contributed by atoms with Gasteiger partial charge in [0.1, 0.15) is 5.00 Å². The zero-order valence-electron chi connectivity index (χ0n) is 22.9. The first kappa shape index (κ1) is 23.2. The molecule has 0 saturated heterocycles. The molecule has 2 unspecified atom stereocenters. The molecule has 1 aliphatic carbocycles. The van der Waals surface area contributed by atoms with Crippen molar-refractivity contribution in [2.45, 2.75) is 25.3 Å². The molecule has 0 fully saturated rings. The Morgan fingerprint density at radius 1 is 0.780 bits per heavy atom. The zero-order valence-corrected chi connectivity index (χ0v) is 23.7. The Morgan fingerprint density at radius 2 is 1.56 bits per heavy atom. The summed E-state index contributed by atoms with van der Waals surface area (Å²) in [4.78, 5) is 13.1. The molecule has 0 radical (unpaired) electrons. The average Bonchev–Trinajstić information content (AvgIpc) is 3.55. The SMILES string of the molecule is CC1(C)c2c(-c3nc(-c4ccccc4)c4ccccc4n3)cccc2N2c3sc4ccccc4c3C3=CC=CC1C32. The lowest BCUT2D eigenvalue weighted by molar-refractivity contribution is 0.342. The van der Waals surface area contributed by atoms with Crippen LogP contribution >= 0.6 is 11.3 Å². The number of para-hydroxylation sites is 1. The maximum atomic E-state index is 5.30. The number of allylic oxidation sites excluding steroid dienone is 2. The van der Waals surface area contributed by atoms with E-state index in [0.29, 0.717) is 12.0 Å². The van der Waals surface area contributed by atoms with Crippen molar-refractivity contribution in [3.05, 3.63) is 126 Å². The summed E-state index contributed by atoms with van der Waals surface area (Å²) >= 11 is 1.91. The Labute approximate surface area is 243 Å². The maximum absolute atomic E-state index is 5.30. The lowest BCUT2D eigenvalue weighted by Crippen LogP contribution is -2.49. The highest BCUT2D eigenvalue weighted by Gasteiger charge is 2.53. The second kappa shape index (κ2) is 8.25. The summed E-state index contributed by atoms with van der Waals surface area (Å²) in [5.41, 5.74) is 9.50. The van der Waals surface area contributed by atoms with Gasteiger partial charge >= 0.3 is 0 Å². The predicted octanol–water partition coefficient (Wildman–Crippen LogP) is 9.56. The molecule has 6 aromatic rings. The van der Waals surface area contributed by atoms with Crippen LogP contribution in [-0.4, -0.2) is 16.0 Å². The fraction of sp³-hybridized carbons (Fsp3) is 0.135. The van der Waals surface area contributed by atoms with Crippen LogP contribution in [0.3, 0.4) is 0 Å². The van der Waals surface area contributed by atoms with E-state index in [1.165, 1.54) is 37.5 Å². The van der Waals surface area contributed by atoms with E-state index < -0.39 is 0 Å². The molecule has 3 nitrogen and oxygen atoms in total. The number of rotatable bonds is 2. The highest BCUT2D eigenvalue weighted by atomic mass is 32.1. The zero-order chi connectivity index (χ0) is 27.3. The van der Waals surface area contributed by atoms with E-state index in [2.05, 4.69) is 134 Å². The quantitative estimate of drug-likeness (QED) is 0.217. The van der Waals surface area contributed by atoms with Crippen molar-refractivity contribution < 1.29 is 0 Å². The van der Waals surface area contributed by atoms with E-state index in [1.54, 1.807) is 0 Å². The smallest absolute Gasteiger partial charge is 0.160 e. The van der Waals surface area contributed by atoms with Gasteiger partial charge < -0.3 is 4.90 Å². The Balaban J connectivity index is 1.33. The van der Waals surface area contributed by atoms with Crippen molar-refractivity contribution in [1.29, 1.82) is 0 Å². The summed E-state index contributed by atoms with van der Waals surface area (Å²) < 4.78 is 1.34. The third-order valence-electron chi connectivity index (χ3n) is 9.29. The molecular weight excluding hydrogens is 518 g/mol. The van der Waals surface area contributed by atoms with Crippen LogP contribution in [-0.2, 0) is 5.41 Å². The predicted molar refractivity (Wildman–Crippen MR) is 172 cm³/mol. The number of hydrogen-bond donors (Lipinski definition) is 0. The summed E-state index contributed by atoms with van der Waals surface area (Å²) in [6.07, 6.45) is 7.06. The van der Waals surface area contributed by atoms with Gasteiger partial charge in [-0.15, -0.1) is 11.3 Å². The Morgan fingerprint density at radius 3 is 2.44 bits per heavy atom. The number of benzene rings is 4. The summed E-state index contributed by atoms with van der Waals surface area (Å²) in [5, 5.41) is 3.79. The number of anilines is 2. The number of hydrogen-bond acceptors (Lipinski definition) is 4. The van der Waals surface area contributed by atoms with Crippen molar-refractivity contribution in [2.24, 2.45) is 5.92 Å². The van der Waals surface area contributed by atoms with E-state index in [1.807, 2.05) is 11.3 Å². The molecule has 0 amide bonds. The third kappa shape index (κ3) is 3.08. The van der Waals surface area contributed by atoms with Gasteiger partial charge in [-0.2, -0.15) is 0 Å². The summed E-state index contributed by atoms with van der Waals surface area (Å²) in [7, 11) is 0. The Kier molecular flexibility index (Phi) is 4.66. The van der Waals surface area contributed by atoms with Gasteiger partial charge in [0, 0.05) is 49.2 Å². The van der Waals surface area contributed by atoms with Gasteiger partial charge in [-0.25, -0.2) is 9.97 Å². The van der Waals surface area contributed by atoms with Crippen LogP contribution in [0.1, 0.15) is 25.0 Å². The van der Waals surface area contributed by atoms with Gasteiger partial charge in [-0.05, 0) is 29.3 Å². The van der Waals surface area contributed by atoms with E-state index in [-0.39, 0.29) is 5.41 Å². The van der Waals surface area contributed by atoms with Crippen LogP contribution in [0, 0.1) is 5.92 Å². The molecule has 2 aliphatic heterocycles. The van der Waals surface area contributed by atoms with Crippen molar-refractivity contribution >= 4 is 48.6 Å². The second-order valence-electron chi connectivity index (χ2n) is 11.8. The summed E-state index contributed by atoms with van der Waals surface area (Å²) in [5.74, 6) is 1.11. The first-order chi connectivity index (χ1) is 20.1. The van der Waals surface area contributed by atoms with Crippen LogP contribution in [0.25, 0.3) is 49.2 Å². The third-order valence-corrected chi connectivity index (χ3v) is 10.5. The minimum atomic E-state index is -0.130. The molecule has 0 saturated carbocycles. The molecule has 2 atom stereocenters. The lowest BCUT2D eigenvalue weighted by atomic mass is 9.63. The normalized spacial score (nSPS) is 19.7. The minimum absolute atomic E-state index is 0.130. The van der Waals surface area contributed by atoms with Crippen LogP contribution in [0.5, 0.6) is 0 Å². The minimum Gasteiger partial charge on any atom is -0.324 e. The van der Waals surface area contributed by atoms with Crippen LogP contribution in [0.15, 0.2) is 115 Å². The van der Waals surface area contributed by atoms with E-state index in [4.69, 9.17) is 9.97 Å². The first-order valence-electron chi connectivity index (χ1n) is 14.3. The van der Waals surface area contributed by atoms with E-state index in [9.17, 15) is 0 Å². The van der Waals surface area contributed by atoms with Crippen molar-refractivity contribution in [1.82, 2.24) is 9.97 Å². The lowest BCUT2D eigenvalue weighted by Gasteiger charge is -2.49. The monoisotopic (exact) mass is 545 g/mol. The average molecular weight is 546 g/mol. The molecule has 9 rings (SSSR count). The number of thiophene rings is 1. The van der Waals surface area contributed by atoms with E-state index >= 15 is 0 Å². The van der Waals surface area contributed by atoms with Gasteiger partial charge in [0.15, 0.2) is 5.82 Å². The van der Waals surface area contributed by atoms with Crippen molar-refractivity contribution in [2.75, 3.05) is 4.90 Å². The van der Waals surface area contributed by atoms with Gasteiger partial charge in [-0.1, -0.05) is 111 Å². The molecule has 0 N–H and O–H groups in total. The van der Waals surface area contributed by atoms with E-state index in [0.717, 1.165) is 33.5 Å². The fourth-order valence-corrected chi connectivity index (χ4v) is 8.77. The van der Waals surface area contributed by atoms with Gasteiger partial charge in [0.25, 0.3) is 0 Å². The topological polar surface area (TPSA) is 29.0 Å². The molecule has 2 aromatic heterocycles. The Bertz CT molecular complexity index is 2100. The van der Waals surface area contributed by atoms with Gasteiger partial charge in [-0.3, -0.25) is 0 Å². The van der Waals surface area contributed by atoms with Crippen LogP contribution in [0.2, 0.25) is 0 Å². The van der Waals surface area contributed by atoms with Crippen molar-refractivity contribution in [3.8, 4) is 22.6 Å². The molecule has 0 spiro atoms. The largest absolute Gasteiger partial charge is 0.324 e. The second-order valence-corrected chi connectivity index (χ2v) is 12.9. The molecule has 196 valence electrons.